The van der Waals surface area contributed by atoms with Crippen molar-refractivity contribution < 1.29 is 9.90 Å². The zero-order valence-corrected chi connectivity index (χ0v) is 8.29. The number of rotatable bonds is 2. The van der Waals surface area contributed by atoms with Gasteiger partial charge in [0.25, 0.3) is 0 Å². The zero-order chi connectivity index (χ0) is 10.1. The maximum atomic E-state index is 10.6. The van der Waals surface area contributed by atoms with Gasteiger partial charge in [-0.1, -0.05) is 11.6 Å². The van der Waals surface area contributed by atoms with Crippen molar-refractivity contribution in [1.29, 1.82) is 0 Å². The molecule has 0 aliphatic rings. The molecule has 2 aromatic heterocycles. The number of carbonyl (C=O) groups is 1. The number of halogens is 1. The van der Waals surface area contributed by atoms with Crippen LogP contribution in [0.4, 0.5) is 0 Å². The number of thiazole rings is 1. The number of hydrogen-bond acceptors (Lipinski definition) is 4. The SMILES string of the molecule is O=C(O)c1cnn(-c2nc(Cl)cs2)c1. The minimum Gasteiger partial charge on any atom is -0.478 e. The van der Waals surface area contributed by atoms with E-state index in [1.807, 2.05) is 0 Å². The zero-order valence-electron chi connectivity index (χ0n) is 6.72. The second-order valence-corrected chi connectivity index (χ2v) is 3.66. The van der Waals surface area contributed by atoms with E-state index in [2.05, 4.69) is 10.1 Å². The minimum atomic E-state index is -1.01. The molecule has 0 saturated heterocycles. The van der Waals surface area contributed by atoms with Crippen molar-refractivity contribution in [3.8, 4) is 5.13 Å². The Bertz CT molecular complexity index is 479. The molecule has 72 valence electrons. The van der Waals surface area contributed by atoms with Crippen LogP contribution in [0.3, 0.4) is 0 Å². The van der Waals surface area contributed by atoms with Crippen molar-refractivity contribution in [2.45, 2.75) is 0 Å². The number of aromatic nitrogens is 3. The predicted molar refractivity (Wildman–Crippen MR) is 51.2 cm³/mol. The lowest BCUT2D eigenvalue weighted by Gasteiger charge is -1.90. The Morgan fingerprint density at radius 3 is 2.93 bits per heavy atom. The van der Waals surface area contributed by atoms with Crippen LogP contribution in [0.25, 0.3) is 5.13 Å². The van der Waals surface area contributed by atoms with Gasteiger partial charge in [-0.3, -0.25) is 0 Å². The topological polar surface area (TPSA) is 68.0 Å². The summed E-state index contributed by atoms with van der Waals surface area (Å²) < 4.78 is 1.38. The van der Waals surface area contributed by atoms with Gasteiger partial charge in [-0.2, -0.15) is 5.10 Å². The minimum absolute atomic E-state index is 0.122. The fourth-order valence-electron chi connectivity index (χ4n) is 0.888. The quantitative estimate of drug-likeness (QED) is 0.851. The summed E-state index contributed by atoms with van der Waals surface area (Å²) in [6.07, 6.45) is 2.65. The lowest BCUT2D eigenvalue weighted by Crippen LogP contribution is -1.94. The van der Waals surface area contributed by atoms with Gasteiger partial charge in [-0.05, 0) is 0 Å². The number of hydrogen-bond donors (Lipinski definition) is 1. The van der Waals surface area contributed by atoms with Gasteiger partial charge < -0.3 is 5.11 Å². The molecule has 2 rings (SSSR count). The number of aromatic carboxylic acids is 1. The molecule has 0 fully saturated rings. The molecule has 2 heterocycles. The molecule has 0 amide bonds. The van der Waals surface area contributed by atoms with E-state index in [4.69, 9.17) is 16.7 Å². The fraction of sp³-hybridized carbons (Fsp3) is 0. The van der Waals surface area contributed by atoms with E-state index in [9.17, 15) is 4.79 Å². The van der Waals surface area contributed by atoms with E-state index in [-0.39, 0.29) is 5.56 Å². The van der Waals surface area contributed by atoms with Crippen LogP contribution in [-0.4, -0.2) is 25.8 Å². The standard InChI is InChI=1S/C7H4ClN3O2S/c8-5-3-14-7(10-5)11-2-4(1-9-11)6(12)13/h1-3H,(H,12,13). The Balaban J connectivity index is 2.38. The first-order valence-electron chi connectivity index (χ1n) is 3.56. The highest BCUT2D eigenvalue weighted by molar-refractivity contribution is 7.12. The number of carboxylic acids is 1. The van der Waals surface area contributed by atoms with Gasteiger partial charge in [0.05, 0.1) is 11.8 Å². The van der Waals surface area contributed by atoms with Gasteiger partial charge in [-0.25, -0.2) is 14.5 Å². The third-order valence-corrected chi connectivity index (χ3v) is 2.64. The molecular formula is C7H4ClN3O2S. The Labute approximate surface area is 87.6 Å². The third-order valence-electron chi connectivity index (χ3n) is 1.49. The molecule has 0 spiro atoms. The molecule has 0 atom stereocenters. The fourth-order valence-corrected chi connectivity index (χ4v) is 1.77. The Morgan fingerprint density at radius 1 is 1.64 bits per heavy atom. The van der Waals surface area contributed by atoms with E-state index < -0.39 is 5.97 Å². The lowest BCUT2D eigenvalue weighted by molar-refractivity contribution is 0.0697. The largest absolute Gasteiger partial charge is 0.478 e. The van der Waals surface area contributed by atoms with Gasteiger partial charge >= 0.3 is 5.97 Å². The highest BCUT2D eigenvalue weighted by Crippen LogP contribution is 2.17. The highest BCUT2D eigenvalue weighted by Gasteiger charge is 2.08. The Hall–Kier alpha value is -1.40. The first kappa shape index (κ1) is 9.17. The van der Waals surface area contributed by atoms with Gasteiger partial charge in [0.1, 0.15) is 5.15 Å². The molecule has 1 N–H and O–H groups in total. The summed E-state index contributed by atoms with van der Waals surface area (Å²) in [6.45, 7) is 0. The second-order valence-electron chi connectivity index (χ2n) is 2.43. The summed E-state index contributed by atoms with van der Waals surface area (Å²) >= 11 is 6.91. The summed E-state index contributed by atoms with van der Waals surface area (Å²) in [6, 6.07) is 0. The monoisotopic (exact) mass is 229 g/mol. The molecule has 0 radical (unpaired) electrons. The average Bonchev–Trinajstić information content (AvgIpc) is 2.70. The van der Waals surface area contributed by atoms with Crippen molar-refractivity contribution in [3.63, 3.8) is 0 Å². The van der Waals surface area contributed by atoms with E-state index in [1.165, 1.54) is 28.4 Å². The second kappa shape index (κ2) is 3.39. The number of nitrogens with zero attached hydrogens (tertiary/aromatic N) is 3. The van der Waals surface area contributed by atoms with Crippen LogP contribution in [0, 0.1) is 0 Å². The summed E-state index contributed by atoms with van der Waals surface area (Å²) in [4.78, 5) is 14.5. The maximum absolute atomic E-state index is 10.6. The number of carboxylic acid groups (broad SMARTS) is 1. The van der Waals surface area contributed by atoms with Crippen LogP contribution in [-0.2, 0) is 0 Å². The van der Waals surface area contributed by atoms with Crippen LogP contribution >= 0.6 is 22.9 Å². The van der Waals surface area contributed by atoms with Crippen LogP contribution in [0.5, 0.6) is 0 Å². The molecule has 14 heavy (non-hydrogen) atoms. The van der Waals surface area contributed by atoms with Crippen molar-refractivity contribution in [3.05, 3.63) is 28.5 Å². The Kier molecular flexibility index (Phi) is 2.22. The molecule has 0 bridgehead atoms. The van der Waals surface area contributed by atoms with Crippen LogP contribution in [0.1, 0.15) is 10.4 Å². The smallest absolute Gasteiger partial charge is 0.338 e. The van der Waals surface area contributed by atoms with E-state index >= 15 is 0 Å². The van der Waals surface area contributed by atoms with E-state index in [0.29, 0.717) is 10.3 Å². The summed E-state index contributed by atoms with van der Waals surface area (Å²) in [5.41, 5.74) is 0.122. The summed E-state index contributed by atoms with van der Waals surface area (Å²) in [7, 11) is 0. The molecule has 7 heteroatoms. The van der Waals surface area contributed by atoms with Crippen LogP contribution in [0.15, 0.2) is 17.8 Å². The summed E-state index contributed by atoms with van der Waals surface area (Å²) in [5.74, 6) is -1.01. The van der Waals surface area contributed by atoms with Crippen molar-refractivity contribution in [2.75, 3.05) is 0 Å². The van der Waals surface area contributed by atoms with E-state index in [0.717, 1.165) is 0 Å². The van der Waals surface area contributed by atoms with Gasteiger partial charge in [0.15, 0.2) is 0 Å². The van der Waals surface area contributed by atoms with Crippen molar-refractivity contribution in [1.82, 2.24) is 14.8 Å². The molecule has 0 aliphatic carbocycles. The first-order chi connectivity index (χ1) is 6.66. The molecule has 0 unspecified atom stereocenters. The Morgan fingerprint density at radius 2 is 2.43 bits per heavy atom. The highest BCUT2D eigenvalue weighted by atomic mass is 35.5. The van der Waals surface area contributed by atoms with Crippen LogP contribution in [0.2, 0.25) is 5.15 Å². The molecular weight excluding hydrogens is 226 g/mol. The molecule has 0 aliphatic heterocycles. The van der Waals surface area contributed by atoms with Crippen molar-refractivity contribution >= 4 is 28.9 Å². The summed E-state index contributed by atoms with van der Waals surface area (Å²) in [5, 5.41) is 15.1. The van der Waals surface area contributed by atoms with Crippen molar-refractivity contribution in [2.24, 2.45) is 0 Å². The van der Waals surface area contributed by atoms with Gasteiger partial charge in [0.2, 0.25) is 5.13 Å². The van der Waals surface area contributed by atoms with Gasteiger partial charge in [0, 0.05) is 11.6 Å². The average molecular weight is 230 g/mol. The normalized spacial score (nSPS) is 10.4. The van der Waals surface area contributed by atoms with E-state index in [1.54, 1.807) is 5.38 Å². The third kappa shape index (κ3) is 1.61. The predicted octanol–water partition coefficient (Wildman–Crippen LogP) is 1.68. The van der Waals surface area contributed by atoms with Gasteiger partial charge in [-0.15, -0.1) is 11.3 Å². The molecule has 0 aromatic carbocycles. The maximum Gasteiger partial charge on any atom is 0.338 e. The van der Waals surface area contributed by atoms with Crippen LogP contribution < -0.4 is 0 Å². The first-order valence-corrected chi connectivity index (χ1v) is 4.82. The molecule has 2 aromatic rings. The molecule has 0 saturated carbocycles. The molecule has 5 nitrogen and oxygen atoms in total. The lowest BCUT2D eigenvalue weighted by atomic mass is 10.4.